The zero-order chi connectivity index (χ0) is 20.4. The lowest BCUT2D eigenvalue weighted by molar-refractivity contribution is -0.125. The quantitative estimate of drug-likeness (QED) is 0.696. The maximum absolute atomic E-state index is 14.3. The van der Waals surface area contributed by atoms with E-state index in [4.69, 9.17) is 4.42 Å². The molecule has 150 valence electrons. The van der Waals surface area contributed by atoms with E-state index in [0.29, 0.717) is 5.76 Å². The van der Waals surface area contributed by atoms with Crippen LogP contribution in [-0.2, 0) is 34.3 Å². The second-order valence-electron chi connectivity index (χ2n) is 6.77. The summed E-state index contributed by atoms with van der Waals surface area (Å²) in [7, 11) is -4.23. The van der Waals surface area contributed by atoms with Gasteiger partial charge in [0.2, 0.25) is 15.9 Å². The lowest BCUT2D eigenvalue weighted by Gasteiger charge is -2.35. The zero-order valence-electron chi connectivity index (χ0n) is 15.4. The molecular formula is C21H19FN2O4S. The SMILES string of the molecule is O=C(NCc1ccco1)[C@@H]1Cc2ccccc2CN1S(=O)(=O)c1ccccc1F. The molecule has 0 unspecified atom stereocenters. The molecule has 1 atom stereocenters. The highest BCUT2D eigenvalue weighted by Gasteiger charge is 2.40. The summed E-state index contributed by atoms with van der Waals surface area (Å²) < 4.78 is 47.1. The average Bonchev–Trinajstić information content (AvgIpc) is 3.25. The highest BCUT2D eigenvalue weighted by atomic mass is 32.2. The molecule has 0 saturated carbocycles. The first-order valence-corrected chi connectivity index (χ1v) is 10.5. The Morgan fingerprint density at radius 1 is 1.07 bits per heavy atom. The fourth-order valence-electron chi connectivity index (χ4n) is 3.46. The molecule has 3 aromatic rings. The summed E-state index contributed by atoms with van der Waals surface area (Å²) in [5, 5.41) is 2.72. The van der Waals surface area contributed by atoms with Gasteiger partial charge in [-0.25, -0.2) is 12.8 Å². The van der Waals surface area contributed by atoms with E-state index in [1.54, 1.807) is 12.1 Å². The van der Waals surface area contributed by atoms with Gasteiger partial charge in [-0.05, 0) is 41.8 Å². The molecule has 1 aliphatic rings. The third-order valence-corrected chi connectivity index (χ3v) is 6.84. The molecule has 0 radical (unpaired) electrons. The Kier molecular flexibility index (Phi) is 5.21. The molecular weight excluding hydrogens is 395 g/mol. The Morgan fingerprint density at radius 3 is 2.52 bits per heavy atom. The summed E-state index contributed by atoms with van der Waals surface area (Å²) in [4.78, 5) is 12.5. The summed E-state index contributed by atoms with van der Waals surface area (Å²) in [6.45, 7) is 0.128. The second kappa shape index (κ2) is 7.81. The van der Waals surface area contributed by atoms with Crippen LogP contribution in [0.3, 0.4) is 0 Å². The molecule has 1 amide bonds. The average molecular weight is 414 g/mol. The Balaban J connectivity index is 1.68. The monoisotopic (exact) mass is 414 g/mol. The molecule has 1 aliphatic heterocycles. The number of hydrogen-bond acceptors (Lipinski definition) is 4. The number of fused-ring (bicyclic) bond motifs is 1. The molecule has 8 heteroatoms. The Morgan fingerprint density at radius 2 is 1.79 bits per heavy atom. The van der Waals surface area contributed by atoms with Gasteiger partial charge in [0.1, 0.15) is 22.5 Å². The number of hydrogen-bond donors (Lipinski definition) is 1. The van der Waals surface area contributed by atoms with Gasteiger partial charge in [-0.3, -0.25) is 4.79 Å². The van der Waals surface area contributed by atoms with Gasteiger partial charge in [0.25, 0.3) is 0 Å². The van der Waals surface area contributed by atoms with Crippen LogP contribution in [0, 0.1) is 5.82 Å². The number of carbonyl (C=O) groups is 1. The van der Waals surface area contributed by atoms with Crippen LogP contribution in [0.2, 0.25) is 0 Å². The fraction of sp³-hybridized carbons (Fsp3) is 0.190. The zero-order valence-corrected chi connectivity index (χ0v) is 16.2. The topological polar surface area (TPSA) is 79.6 Å². The van der Waals surface area contributed by atoms with Gasteiger partial charge in [-0.15, -0.1) is 0 Å². The minimum Gasteiger partial charge on any atom is -0.467 e. The van der Waals surface area contributed by atoms with Crippen molar-refractivity contribution >= 4 is 15.9 Å². The van der Waals surface area contributed by atoms with Crippen molar-refractivity contribution < 1.29 is 22.0 Å². The number of benzene rings is 2. The molecule has 1 N–H and O–H groups in total. The normalized spacial score (nSPS) is 16.9. The van der Waals surface area contributed by atoms with E-state index in [1.165, 1.54) is 24.5 Å². The van der Waals surface area contributed by atoms with E-state index in [9.17, 15) is 17.6 Å². The molecule has 0 fully saturated rings. The smallest absolute Gasteiger partial charge is 0.247 e. The van der Waals surface area contributed by atoms with Crippen LogP contribution in [0.1, 0.15) is 16.9 Å². The van der Waals surface area contributed by atoms with Crippen LogP contribution in [0.15, 0.2) is 76.2 Å². The van der Waals surface area contributed by atoms with Gasteiger partial charge in [-0.2, -0.15) is 4.31 Å². The van der Waals surface area contributed by atoms with E-state index in [0.717, 1.165) is 21.5 Å². The summed E-state index contributed by atoms with van der Waals surface area (Å²) >= 11 is 0. The maximum Gasteiger partial charge on any atom is 0.247 e. The van der Waals surface area contributed by atoms with Gasteiger partial charge in [0, 0.05) is 6.54 Å². The number of furan rings is 1. The number of nitrogens with one attached hydrogen (secondary N) is 1. The van der Waals surface area contributed by atoms with Crippen LogP contribution >= 0.6 is 0 Å². The fourth-order valence-corrected chi connectivity index (χ4v) is 5.09. The number of carbonyl (C=O) groups excluding carboxylic acids is 1. The molecule has 1 aromatic heterocycles. The minimum atomic E-state index is -4.23. The standard InChI is InChI=1S/C21H19FN2O4S/c22-18-9-3-4-10-20(18)29(26,27)24-14-16-7-2-1-6-15(16)12-19(24)21(25)23-13-17-8-5-11-28-17/h1-11,19H,12-14H2,(H,23,25)/t19-/m0/s1. The van der Waals surface area contributed by atoms with E-state index >= 15 is 0 Å². The molecule has 2 aromatic carbocycles. The lowest BCUT2D eigenvalue weighted by atomic mass is 9.95. The number of nitrogens with zero attached hydrogens (tertiary/aromatic N) is 1. The lowest BCUT2D eigenvalue weighted by Crippen LogP contribution is -2.52. The van der Waals surface area contributed by atoms with Crippen molar-refractivity contribution in [2.45, 2.75) is 30.4 Å². The van der Waals surface area contributed by atoms with Crippen LogP contribution in [0.25, 0.3) is 0 Å². The Labute approximate surface area is 168 Å². The van der Waals surface area contributed by atoms with Crippen molar-refractivity contribution in [2.24, 2.45) is 0 Å². The van der Waals surface area contributed by atoms with Crippen molar-refractivity contribution in [3.63, 3.8) is 0 Å². The van der Waals surface area contributed by atoms with Gasteiger partial charge in [-0.1, -0.05) is 36.4 Å². The largest absolute Gasteiger partial charge is 0.467 e. The first-order chi connectivity index (χ1) is 14.0. The Bertz CT molecular complexity index is 1130. The van der Waals surface area contributed by atoms with Gasteiger partial charge >= 0.3 is 0 Å². The first-order valence-electron chi connectivity index (χ1n) is 9.10. The molecule has 2 heterocycles. The molecule has 6 nitrogen and oxygen atoms in total. The van der Waals surface area contributed by atoms with Crippen LogP contribution in [0.4, 0.5) is 4.39 Å². The van der Waals surface area contributed by atoms with Crippen LogP contribution in [0.5, 0.6) is 0 Å². The predicted octanol–water partition coefficient (Wildman–Crippen LogP) is 2.85. The van der Waals surface area contributed by atoms with Crippen molar-refractivity contribution in [1.82, 2.24) is 9.62 Å². The first kappa shape index (κ1) is 19.4. The number of rotatable bonds is 5. The number of halogens is 1. The number of amides is 1. The van der Waals surface area contributed by atoms with Crippen molar-refractivity contribution in [3.8, 4) is 0 Å². The van der Waals surface area contributed by atoms with E-state index < -0.39 is 32.7 Å². The second-order valence-corrected chi connectivity index (χ2v) is 8.63. The molecule has 0 bridgehead atoms. The summed E-state index contributed by atoms with van der Waals surface area (Å²) in [5.74, 6) is -0.755. The van der Waals surface area contributed by atoms with Crippen LogP contribution in [-0.4, -0.2) is 24.7 Å². The summed E-state index contributed by atoms with van der Waals surface area (Å²) in [5.41, 5.74) is 1.69. The third kappa shape index (κ3) is 3.81. The van der Waals surface area contributed by atoms with Crippen molar-refractivity contribution in [3.05, 3.63) is 89.6 Å². The highest BCUT2D eigenvalue weighted by Crippen LogP contribution is 2.30. The van der Waals surface area contributed by atoms with Crippen molar-refractivity contribution in [1.29, 1.82) is 0 Å². The number of sulfonamides is 1. The van der Waals surface area contributed by atoms with Gasteiger partial charge in [0.05, 0.1) is 12.8 Å². The maximum atomic E-state index is 14.3. The Hall–Kier alpha value is -2.97. The third-order valence-electron chi connectivity index (χ3n) is 4.95. The molecule has 4 rings (SSSR count). The summed E-state index contributed by atoms with van der Waals surface area (Å²) in [6.07, 6.45) is 1.70. The van der Waals surface area contributed by atoms with E-state index in [-0.39, 0.29) is 19.5 Å². The van der Waals surface area contributed by atoms with Crippen molar-refractivity contribution in [2.75, 3.05) is 0 Å². The van der Waals surface area contributed by atoms with Crippen LogP contribution < -0.4 is 5.32 Å². The molecule has 0 spiro atoms. The van der Waals surface area contributed by atoms with Gasteiger partial charge in [0.15, 0.2) is 0 Å². The molecule has 29 heavy (non-hydrogen) atoms. The highest BCUT2D eigenvalue weighted by molar-refractivity contribution is 7.89. The molecule has 0 saturated heterocycles. The summed E-state index contributed by atoms with van der Waals surface area (Å²) in [6, 6.07) is 14.9. The van der Waals surface area contributed by atoms with E-state index in [2.05, 4.69) is 5.32 Å². The minimum absolute atomic E-state index is 0.00825. The van der Waals surface area contributed by atoms with E-state index in [1.807, 2.05) is 24.3 Å². The van der Waals surface area contributed by atoms with Gasteiger partial charge < -0.3 is 9.73 Å². The molecule has 0 aliphatic carbocycles. The predicted molar refractivity (Wildman–Crippen MR) is 104 cm³/mol.